The van der Waals surface area contributed by atoms with Crippen LogP contribution in [-0.2, 0) is 6.42 Å². The molecule has 5 rings (SSSR count). The molecule has 2 aromatic carbocycles. The highest BCUT2D eigenvalue weighted by Gasteiger charge is 2.25. The Morgan fingerprint density at radius 1 is 1.03 bits per heavy atom. The van der Waals surface area contributed by atoms with E-state index in [-0.39, 0.29) is 0 Å². The van der Waals surface area contributed by atoms with E-state index in [0.29, 0.717) is 24.7 Å². The summed E-state index contributed by atoms with van der Waals surface area (Å²) in [6, 6.07) is 9.86. The number of aromatic amines is 1. The van der Waals surface area contributed by atoms with Crippen molar-refractivity contribution in [2.24, 2.45) is 0 Å². The molecule has 2 aliphatic heterocycles. The maximum Gasteiger partial charge on any atom is 0.232 e. The maximum absolute atomic E-state index is 7.35. The number of fused-ring (bicyclic) bond motifs is 2. The SMILES string of the molecule is [C-]#[N+]c1ccc(N2CCN(CCc3c[nH]c4cc(Cl)ccc34)CC2)c2c1OCCO2. The quantitative estimate of drug-likeness (QED) is 0.628. The number of piperazine rings is 1. The number of ether oxygens (including phenoxy) is 2. The van der Waals surface area contributed by atoms with Crippen molar-refractivity contribution in [3.05, 3.63) is 58.5 Å². The van der Waals surface area contributed by atoms with E-state index in [1.807, 2.05) is 24.3 Å². The van der Waals surface area contributed by atoms with Crippen LogP contribution in [0, 0.1) is 6.57 Å². The standard InChI is InChI=1S/C23H23ClN4O2/c1-25-19-4-5-21(23-22(19)29-12-13-30-23)28-10-8-27(9-11-28)7-6-16-15-26-20-14-17(24)2-3-18(16)20/h2-5,14-15,26H,6-13H2. The zero-order chi connectivity index (χ0) is 20.5. The minimum Gasteiger partial charge on any atom is -0.497 e. The Kier molecular flexibility index (Phi) is 5.16. The lowest BCUT2D eigenvalue weighted by atomic mass is 10.1. The lowest BCUT2D eigenvalue weighted by Gasteiger charge is -2.37. The predicted octanol–water partition coefficient (Wildman–Crippen LogP) is 4.51. The first kappa shape index (κ1) is 19.1. The number of anilines is 1. The lowest BCUT2D eigenvalue weighted by Crippen LogP contribution is -2.47. The van der Waals surface area contributed by atoms with E-state index in [0.717, 1.165) is 61.1 Å². The number of H-pyrrole nitrogens is 1. The first-order chi connectivity index (χ1) is 14.7. The van der Waals surface area contributed by atoms with Crippen LogP contribution in [0.15, 0.2) is 36.5 Å². The van der Waals surface area contributed by atoms with E-state index in [4.69, 9.17) is 27.6 Å². The van der Waals surface area contributed by atoms with E-state index in [1.165, 1.54) is 10.9 Å². The highest BCUT2D eigenvalue weighted by molar-refractivity contribution is 6.31. The molecule has 0 spiro atoms. The van der Waals surface area contributed by atoms with Gasteiger partial charge in [0.1, 0.15) is 13.2 Å². The molecule has 3 heterocycles. The first-order valence-corrected chi connectivity index (χ1v) is 10.6. The average molecular weight is 423 g/mol. The Morgan fingerprint density at radius 3 is 2.63 bits per heavy atom. The summed E-state index contributed by atoms with van der Waals surface area (Å²) in [6.45, 7) is 13.2. The molecule has 0 amide bonds. The first-order valence-electron chi connectivity index (χ1n) is 10.3. The van der Waals surface area contributed by atoms with Gasteiger partial charge in [-0.3, -0.25) is 4.90 Å². The van der Waals surface area contributed by atoms with Crippen LogP contribution >= 0.6 is 11.6 Å². The number of rotatable bonds is 4. The van der Waals surface area contributed by atoms with Crippen molar-refractivity contribution in [1.82, 2.24) is 9.88 Å². The van der Waals surface area contributed by atoms with Gasteiger partial charge in [0, 0.05) is 54.8 Å². The van der Waals surface area contributed by atoms with E-state index >= 15 is 0 Å². The third kappa shape index (κ3) is 3.55. The van der Waals surface area contributed by atoms with E-state index in [1.54, 1.807) is 0 Å². The zero-order valence-electron chi connectivity index (χ0n) is 16.7. The van der Waals surface area contributed by atoms with E-state index < -0.39 is 0 Å². The average Bonchev–Trinajstić information content (AvgIpc) is 3.19. The van der Waals surface area contributed by atoms with Gasteiger partial charge in [0.05, 0.1) is 12.3 Å². The molecular weight excluding hydrogens is 400 g/mol. The number of benzene rings is 2. The fourth-order valence-corrected chi connectivity index (χ4v) is 4.47. The van der Waals surface area contributed by atoms with Crippen molar-refractivity contribution >= 4 is 33.9 Å². The number of hydrogen-bond donors (Lipinski definition) is 1. The second kappa shape index (κ2) is 8.10. The molecule has 1 aromatic heterocycles. The van der Waals surface area contributed by atoms with Crippen LogP contribution < -0.4 is 14.4 Å². The van der Waals surface area contributed by atoms with Crippen LogP contribution in [-0.4, -0.2) is 55.8 Å². The van der Waals surface area contributed by atoms with Gasteiger partial charge in [0.15, 0.2) is 11.5 Å². The Labute approximate surface area is 180 Å². The summed E-state index contributed by atoms with van der Waals surface area (Å²) in [5, 5.41) is 2.01. The largest absolute Gasteiger partial charge is 0.497 e. The fraction of sp³-hybridized carbons (Fsp3) is 0.348. The Hall–Kier alpha value is -2.88. The molecule has 7 heteroatoms. The summed E-state index contributed by atoms with van der Waals surface area (Å²) >= 11 is 6.09. The van der Waals surface area contributed by atoms with Gasteiger partial charge in [0.2, 0.25) is 5.69 Å². The second-order valence-corrected chi connectivity index (χ2v) is 8.09. The van der Waals surface area contributed by atoms with Crippen LogP contribution in [0.3, 0.4) is 0 Å². The van der Waals surface area contributed by atoms with Gasteiger partial charge in [-0.2, -0.15) is 0 Å². The molecule has 154 valence electrons. The molecule has 0 bridgehead atoms. The molecule has 1 fully saturated rings. The summed E-state index contributed by atoms with van der Waals surface area (Å²) in [7, 11) is 0. The molecule has 6 nitrogen and oxygen atoms in total. The van der Waals surface area contributed by atoms with Gasteiger partial charge < -0.3 is 19.4 Å². The molecule has 2 aliphatic rings. The summed E-state index contributed by atoms with van der Waals surface area (Å²) in [5.41, 5.74) is 3.98. The van der Waals surface area contributed by atoms with Crippen LogP contribution in [0.5, 0.6) is 11.5 Å². The smallest absolute Gasteiger partial charge is 0.232 e. The van der Waals surface area contributed by atoms with Crippen LogP contribution in [0.25, 0.3) is 15.7 Å². The molecule has 0 unspecified atom stereocenters. The van der Waals surface area contributed by atoms with Gasteiger partial charge in [-0.05, 0) is 30.2 Å². The molecule has 0 radical (unpaired) electrons. The molecular formula is C23H23ClN4O2. The number of hydrogen-bond acceptors (Lipinski definition) is 4. The summed E-state index contributed by atoms with van der Waals surface area (Å²) in [5.74, 6) is 1.32. The van der Waals surface area contributed by atoms with Gasteiger partial charge >= 0.3 is 0 Å². The third-order valence-corrected chi connectivity index (χ3v) is 6.14. The Balaban J connectivity index is 1.23. The van der Waals surface area contributed by atoms with Crippen LogP contribution in [0.4, 0.5) is 11.4 Å². The Morgan fingerprint density at radius 2 is 1.83 bits per heavy atom. The summed E-state index contributed by atoms with van der Waals surface area (Å²) < 4.78 is 11.6. The maximum atomic E-state index is 7.35. The topological polar surface area (TPSA) is 45.1 Å². The number of halogens is 1. The summed E-state index contributed by atoms with van der Waals surface area (Å²) in [4.78, 5) is 11.7. The van der Waals surface area contributed by atoms with E-state index in [9.17, 15) is 0 Å². The molecule has 30 heavy (non-hydrogen) atoms. The van der Waals surface area contributed by atoms with Crippen molar-refractivity contribution in [3.63, 3.8) is 0 Å². The highest BCUT2D eigenvalue weighted by atomic mass is 35.5. The molecule has 0 aliphatic carbocycles. The van der Waals surface area contributed by atoms with Crippen molar-refractivity contribution in [1.29, 1.82) is 0 Å². The zero-order valence-corrected chi connectivity index (χ0v) is 17.4. The molecule has 0 saturated carbocycles. The molecule has 1 saturated heterocycles. The van der Waals surface area contributed by atoms with Crippen LogP contribution in [0.1, 0.15) is 5.56 Å². The second-order valence-electron chi connectivity index (χ2n) is 7.65. The van der Waals surface area contributed by atoms with Crippen molar-refractivity contribution in [2.75, 3.05) is 50.8 Å². The number of nitrogens with zero attached hydrogens (tertiary/aromatic N) is 3. The van der Waals surface area contributed by atoms with Gasteiger partial charge in [-0.15, -0.1) is 0 Å². The molecule has 3 aromatic rings. The van der Waals surface area contributed by atoms with Crippen molar-refractivity contribution < 1.29 is 9.47 Å². The molecule has 0 atom stereocenters. The van der Waals surface area contributed by atoms with Crippen LogP contribution in [0.2, 0.25) is 5.02 Å². The van der Waals surface area contributed by atoms with Crippen molar-refractivity contribution in [3.8, 4) is 11.5 Å². The highest BCUT2D eigenvalue weighted by Crippen LogP contribution is 2.46. The molecule has 1 N–H and O–H groups in total. The third-order valence-electron chi connectivity index (χ3n) is 5.91. The normalized spacial score (nSPS) is 16.6. The van der Waals surface area contributed by atoms with Gasteiger partial charge in [0.25, 0.3) is 0 Å². The monoisotopic (exact) mass is 422 g/mol. The number of nitrogens with one attached hydrogen (secondary N) is 1. The lowest BCUT2D eigenvalue weighted by molar-refractivity contribution is 0.172. The fourth-order valence-electron chi connectivity index (χ4n) is 4.30. The Bertz CT molecular complexity index is 1110. The van der Waals surface area contributed by atoms with Gasteiger partial charge in [-0.25, -0.2) is 4.85 Å². The van der Waals surface area contributed by atoms with E-state index in [2.05, 4.69) is 31.9 Å². The minimum atomic E-state index is 0.493. The predicted molar refractivity (Wildman–Crippen MR) is 119 cm³/mol. The minimum absolute atomic E-state index is 0.493. The summed E-state index contributed by atoms with van der Waals surface area (Å²) in [6.07, 6.45) is 3.10. The van der Waals surface area contributed by atoms with Gasteiger partial charge in [-0.1, -0.05) is 23.7 Å². The van der Waals surface area contributed by atoms with Crippen molar-refractivity contribution in [2.45, 2.75) is 6.42 Å². The number of aromatic nitrogens is 1.